The standard InChI is InChI=1S/C30H34N4O3/c35-30(34-13-3-11-31-27-4-1-2-5-28(27)34)24-6-8-25(22-7-9-26-23(20-22)10-12-32-26)29(21-24)37-19-16-33-14-17-36-18-15-33/h1-2,4-9,20-21,31-32H,3,10-19H2. The van der Waals surface area contributed by atoms with Gasteiger partial charge in [0.1, 0.15) is 12.4 Å². The lowest BCUT2D eigenvalue weighted by atomic mass is 9.99. The molecule has 7 heteroatoms. The van der Waals surface area contributed by atoms with Crippen molar-refractivity contribution < 1.29 is 14.3 Å². The van der Waals surface area contributed by atoms with Gasteiger partial charge in [-0.2, -0.15) is 0 Å². The van der Waals surface area contributed by atoms with Gasteiger partial charge in [0.25, 0.3) is 5.91 Å². The zero-order chi connectivity index (χ0) is 25.0. The number of nitrogens with one attached hydrogen (secondary N) is 2. The highest BCUT2D eigenvalue weighted by Gasteiger charge is 2.24. The average molecular weight is 499 g/mol. The Balaban J connectivity index is 1.30. The Morgan fingerprint density at radius 2 is 1.78 bits per heavy atom. The van der Waals surface area contributed by atoms with Gasteiger partial charge in [-0.1, -0.05) is 18.2 Å². The van der Waals surface area contributed by atoms with Crippen molar-refractivity contribution in [1.29, 1.82) is 0 Å². The number of nitrogens with zero attached hydrogens (tertiary/aromatic N) is 2. The molecular formula is C30H34N4O3. The van der Waals surface area contributed by atoms with Gasteiger partial charge in [0.15, 0.2) is 0 Å². The number of rotatable bonds is 6. The predicted molar refractivity (Wildman–Crippen MR) is 148 cm³/mol. The highest BCUT2D eigenvalue weighted by molar-refractivity contribution is 6.08. The van der Waals surface area contributed by atoms with Gasteiger partial charge in [0.2, 0.25) is 0 Å². The Morgan fingerprint density at radius 3 is 2.70 bits per heavy atom. The molecule has 0 aromatic heterocycles. The molecule has 0 atom stereocenters. The van der Waals surface area contributed by atoms with Gasteiger partial charge in [0.05, 0.1) is 24.6 Å². The van der Waals surface area contributed by atoms with Gasteiger partial charge in [0, 0.05) is 56.1 Å². The molecule has 192 valence electrons. The number of hydrogen-bond acceptors (Lipinski definition) is 6. The fraction of sp³-hybridized carbons (Fsp3) is 0.367. The Labute approximate surface area is 218 Å². The lowest BCUT2D eigenvalue weighted by Gasteiger charge is -2.26. The number of carbonyl (C=O) groups is 1. The second kappa shape index (κ2) is 10.8. The molecule has 3 aromatic rings. The summed E-state index contributed by atoms with van der Waals surface area (Å²) in [5, 5.41) is 6.88. The van der Waals surface area contributed by atoms with Gasteiger partial charge in [-0.15, -0.1) is 0 Å². The second-order valence-corrected chi connectivity index (χ2v) is 9.82. The SMILES string of the molecule is O=C(c1ccc(-c2ccc3c(c2)CCN3)c(OCCN2CCOCC2)c1)N1CCCNc2ccccc21. The lowest BCUT2D eigenvalue weighted by molar-refractivity contribution is 0.0323. The number of para-hydroxylation sites is 2. The molecule has 1 saturated heterocycles. The third kappa shape index (κ3) is 5.15. The molecule has 37 heavy (non-hydrogen) atoms. The molecule has 0 bridgehead atoms. The lowest BCUT2D eigenvalue weighted by Crippen LogP contribution is -2.38. The molecule has 0 aliphatic carbocycles. The summed E-state index contributed by atoms with van der Waals surface area (Å²) >= 11 is 0. The van der Waals surface area contributed by atoms with Crippen molar-refractivity contribution >= 4 is 23.0 Å². The largest absolute Gasteiger partial charge is 0.492 e. The van der Waals surface area contributed by atoms with Crippen LogP contribution < -0.4 is 20.3 Å². The van der Waals surface area contributed by atoms with Crippen LogP contribution >= 0.6 is 0 Å². The summed E-state index contributed by atoms with van der Waals surface area (Å²) in [4.78, 5) is 18.1. The fourth-order valence-corrected chi connectivity index (χ4v) is 5.40. The van der Waals surface area contributed by atoms with Gasteiger partial charge in [-0.05, 0) is 66.4 Å². The van der Waals surface area contributed by atoms with E-state index in [1.54, 1.807) is 0 Å². The van der Waals surface area contributed by atoms with E-state index in [1.165, 1.54) is 11.3 Å². The van der Waals surface area contributed by atoms with Crippen molar-refractivity contribution in [2.75, 3.05) is 74.6 Å². The summed E-state index contributed by atoms with van der Waals surface area (Å²) < 4.78 is 11.9. The summed E-state index contributed by atoms with van der Waals surface area (Å²) in [6.07, 6.45) is 1.92. The molecule has 2 N–H and O–H groups in total. The van der Waals surface area contributed by atoms with E-state index >= 15 is 0 Å². The van der Waals surface area contributed by atoms with Crippen LogP contribution in [-0.4, -0.2) is 69.9 Å². The van der Waals surface area contributed by atoms with Crippen molar-refractivity contribution in [2.24, 2.45) is 0 Å². The van der Waals surface area contributed by atoms with E-state index in [0.717, 1.165) is 87.0 Å². The first-order valence-corrected chi connectivity index (χ1v) is 13.4. The van der Waals surface area contributed by atoms with Crippen LogP contribution in [0.3, 0.4) is 0 Å². The van der Waals surface area contributed by atoms with E-state index in [4.69, 9.17) is 9.47 Å². The first-order valence-electron chi connectivity index (χ1n) is 13.4. The number of ether oxygens (including phenoxy) is 2. The van der Waals surface area contributed by atoms with E-state index < -0.39 is 0 Å². The zero-order valence-electron chi connectivity index (χ0n) is 21.2. The molecule has 0 spiro atoms. The maximum Gasteiger partial charge on any atom is 0.258 e. The minimum atomic E-state index is -0.00103. The van der Waals surface area contributed by atoms with Crippen LogP contribution in [0.1, 0.15) is 22.3 Å². The highest BCUT2D eigenvalue weighted by Crippen LogP contribution is 2.36. The van der Waals surface area contributed by atoms with Crippen LogP contribution in [0.2, 0.25) is 0 Å². The molecule has 3 aromatic carbocycles. The van der Waals surface area contributed by atoms with Gasteiger partial charge >= 0.3 is 0 Å². The summed E-state index contributed by atoms with van der Waals surface area (Å²) in [5.41, 5.74) is 7.24. The molecule has 3 heterocycles. The van der Waals surface area contributed by atoms with E-state index in [1.807, 2.05) is 47.4 Å². The third-order valence-electron chi connectivity index (χ3n) is 7.44. The number of hydrogen-bond donors (Lipinski definition) is 2. The molecule has 0 unspecified atom stereocenters. The van der Waals surface area contributed by atoms with Crippen LogP contribution in [0.4, 0.5) is 17.1 Å². The Bertz CT molecular complexity index is 1270. The molecule has 1 amide bonds. The molecule has 0 saturated carbocycles. The van der Waals surface area contributed by atoms with Crippen LogP contribution in [0.5, 0.6) is 5.75 Å². The van der Waals surface area contributed by atoms with Crippen molar-refractivity contribution in [3.05, 3.63) is 71.8 Å². The van der Waals surface area contributed by atoms with Crippen LogP contribution in [0.15, 0.2) is 60.7 Å². The van der Waals surface area contributed by atoms with Gasteiger partial charge in [-0.3, -0.25) is 9.69 Å². The number of amides is 1. The molecular weight excluding hydrogens is 464 g/mol. The van der Waals surface area contributed by atoms with Gasteiger partial charge in [-0.25, -0.2) is 0 Å². The van der Waals surface area contributed by atoms with Gasteiger partial charge < -0.3 is 25.0 Å². The normalized spacial score (nSPS) is 17.2. The fourth-order valence-electron chi connectivity index (χ4n) is 5.40. The number of benzene rings is 3. The molecule has 3 aliphatic heterocycles. The first kappa shape index (κ1) is 23.8. The topological polar surface area (TPSA) is 66.1 Å². The van der Waals surface area contributed by atoms with E-state index in [9.17, 15) is 4.79 Å². The molecule has 0 radical (unpaired) electrons. The summed E-state index contributed by atoms with van der Waals surface area (Å²) in [6.45, 7) is 7.28. The first-order chi connectivity index (χ1) is 18.3. The summed E-state index contributed by atoms with van der Waals surface area (Å²) in [5.74, 6) is 0.755. The van der Waals surface area contributed by atoms with E-state index in [0.29, 0.717) is 18.7 Å². The maximum atomic E-state index is 13.8. The minimum absolute atomic E-state index is 0.00103. The number of fused-ring (bicyclic) bond motifs is 2. The van der Waals surface area contributed by atoms with Crippen molar-refractivity contribution in [3.63, 3.8) is 0 Å². The number of morpholine rings is 1. The molecule has 6 rings (SSSR count). The maximum absolute atomic E-state index is 13.8. The number of carbonyl (C=O) groups excluding carboxylic acids is 1. The van der Waals surface area contributed by atoms with Crippen LogP contribution in [0, 0.1) is 0 Å². The summed E-state index contributed by atoms with van der Waals surface area (Å²) in [6, 6.07) is 20.5. The van der Waals surface area contributed by atoms with E-state index in [2.05, 4.69) is 33.7 Å². The quantitative estimate of drug-likeness (QED) is 0.522. The molecule has 7 nitrogen and oxygen atoms in total. The summed E-state index contributed by atoms with van der Waals surface area (Å²) in [7, 11) is 0. The van der Waals surface area contributed by atoms with Crippen LogP contribution in [-0.2, 0) is 11.2 Å². The Kier molecular flexibility index (Phi) is 6.97. The Hall–Kier alpha value is -3.55. The smallest absolute Gasteiger partial charge is 0.258 e. The van der Waals surface area contributed by atoms with Crippen LogP contribution in [0.25, 0.3) is 11.1 Å². The highest BCUT2D eigenvalue weighted by atomic mass is 16.5. The Morgan fingerprint density at radius 1 is 0.919 bits per heavy atom. The average Bonchev–Trinajstić information content (AvgIpc) is 3.31. The number of anilines is 3. The predicted octanol–water partition coefficient (Wildman–Crippen LogP) is 4.50. The monoisotopic (exact) mass is 498 g/mol. The minimum Gasteiger partial charge on any atom is -0.492 e. The molecule has 1 fully saturated rings. The third-order valence-corrected chi connectivity index (χ3v) is 7.44. The molecule has 3 aliphatic rings. The van der Waals surface area contributed by atoms with Crippen molar-refractivity contribution in [2.45, 2.75) is 12.8 Å². The van der Waals surface area contributed by atoms with Crippen molar-refractivity contribution in [3.8, 4) is 16.9 Å². The second-order valence-electron chi connectivity index (χ2n) is 9.82. The van der Waals surface area contributed by atoms with E-state index in [-0.39, 0.29) is 5.91 Å². The zero-order valence-corrected chi connectivity index (χ0v) is 21.2. The van der Waals surface area contributed by atoms with Crippen molar-refractivity contribution in [1.82, 2.24) is 4.90 Å².